The predicted molar refractivity (Wildman–Crippen MR) is 109 cm³/mol. The van der Waals surface area contributed by atoms with Crippen LogP contribution in [0.1, 0.15) is 59.7 Å². The Balaban J connectivity index is 1.60. The van der Waals surface area contributed by atoms with Gasteiger partial charge in [0.2, 0.25) is 11.8 Å². The van der Waals surface area contributed by atoms with Crippen LogP contribution in [-0.2, 0) is 10.2 Å². The number of primary amides is 1. The third-order valence-electron chi connectivity index (χ3n) is 6.26. The van der Waals surface area contributed by atoms with Gasteiger partial charge in [-0.3, -0.25) is 9.59 Å². The molecule has 0 radical (unpaired) electrons. The molecule has 2 aromatic carbocycles. The first-order valence-electron chi connectivity index (χ1n) is 9.81. The lowest BCUT2D eigenvalue weighted by atomic mass is 9.85. The normalized spacial score (nSPS) is 22.5. The first-order valence-corrected chi connectivity index (χ1v) is 9.81. The quantitative estimate of drug-likeness (QED) is 0.847. The Morgan fingerprint density at radius 2 is 2.04 bits per heavy atom. The van der Waals surface area contributed by atoms with Crippen molar-refractivity contribution in [2.45, 2.75) is 44.9 Å². The highest BCUT2D eigenvalue weighted by atomic mass is 16.5. The molecule has 146 valence electrons. The molecule has 1 aliphatic heterocycles. The molecule has 5 nitrogen and oxygen atoms in total. The number of carbonyl (C=O) groups excluding carboxylic acids is 2. The number of nitrogens with two attached hydrogens (primary N) is 1. The van der Waals surface area contributed by atoms with Gasteiger partial charge < -0.3 is 15.8 Å². The van der Waals surface area contributed by atoms with E-state index in [0.29, 0.717) is 29.3 Å². The number of ether oxygens (including phenoxy) is 1. The van der Waals surface area contributed by atoms with Gasteiger partial charge in [0.05, 0.1) is 6.61 Å². The Bertz CT molecular complexity index is 966. The third-order valence-corrected chi connectivity index (χ3v) is 6.26. The summed E-state index contributed by atoms with van der Waals surface area (Å²) in [6.07, 6.45) is 1.67. The van der Waals surface area contributed by atoms with Gasteiger partial charge in [-0.05, 0) is 55.0 Å². The van der Waals surface area contributed by atoms with Crippen molar-refractivity contribution >= 4 is 17.5 Å². The van der Waals surface area contributed by atoms with Crippen LogP contribution in [0.3, 0.4) is 0 Å². The van der Waals surface area contributed by atoms with E-state index in [1.165, 1.54) is 5.56 Å². The summed E-state index contributed by atoms with van der Waals surface area (Å²) in [7, 11) is 0. The van der Waals surface area contributed by atoms with Crippen LogP contribution < -0.4 is 15.8 Å². The van der Waals surface area contributed by atoms with E-state index >= 15 is 0 Å². The summed E-state index contributed by atoms with van der Waals surface area (Å²) >= 11 is 0. The highest BCUT2D eigenvalue weighted by molar-refractivity contribution is 6.00. The van der Waals surface area contributed by atoms with E-state index in [1.54, 1.807) is 19.1 Å². The summed E-state index contributed by atoms with van der Waals surface area (Å²) in [5.74, 6) is 0.741. The molecule has 5 heteroatoms. The van der Waals surface area contributed by atoms with Gasteiger partial charge in [0.15, 0.2) is 0 Å². The molecule has 1 aliphatic carbocycles. The number of fused-ring (bicyclic) bond motifs is 2. The molecule has 0 aromatic heterocycles. The molecular formula is C23H26N2O3. The molecule has 4 rings (SSSR count). The van der Waals surface area contributed by atoms with Crippen molar-refractivity contribution in [1.82, 2.24) is 0 Å². The highest BCUT2D eigenvalue weighted by Crippen LogP contribution is 2.61. The molecule has 1 saturated carbocycles. The lowest BCUT2D eigenvalue weighted by Crippen LogP contribution is -2.27. The lowest BCUT2D eigenvalue weighted by molar-refractivity contribution is -0.117. The van der Waals surface area contributed by atoms with Crippen molar-refractivity contribution in [3.63, 3.8) is 0 Å². The number of nitrogens with one attached hydrogen (secondary N) is 1. The Morgan fingerprint density at radius 3 is 2.75 bits per heavy atom. The molecular weight excluding hydrogens is 352 g/mol. The second-order valence-corrected chi connectivity index (χ2v) is 8.25. The second-order valence-electron chi connectivity index (χ2n) is 8.25. The molecule has 2 aliphatic rings. The molecule has 1 spiro atoms. The molecule has 0 bridgehead atoms. The maximum Gasteiger partial charge on any atom is 0.249 e. The Morgan fingerprint density at radius 1 is 1.25 bits per heavy atom. The zero-order valence-corrected chi connectivity index (χ0v) is 16.5. The zero-order valence-electron chi connectivity index (χ0n) is 16.5. The monoisotopic (exact) mass is 378 g/mol. The summed E-state index contributed by atoms with van der Waals surface area (Å²) in [5.41, 5.74) is 9.48. The van der Waals surface area contributed by atoms with Crippen molar-refractivity contribution < 1.29 is 14.3 Å². The van der Waals surface area contributed by atoms with Gasteiger partial charge in [-0.25, -0.2) is 0 Å². The molecule has 3 N–H and O–H groups in total. The minimum atomic E-state index is -0.490. The van der Waals surface area contributed by atoms with E-state index in [4.69, 9.17) is 10.5 Å². The number of hydrogen-bond donors (Lipinski definition) is 2. The van der Waals surface area contributed by atoms with Gasteiger partial charge in [-0.15, -0.1) is 0 Å². The summed E-state index contributed by atoms with van der Waals surface area (Å²) in [6, 6.07) is 11.6. The average molecular weight is 378 g/mol. The van der Waals surface area contributed by atoms with Crippen LogP contribution in [0.15, 0.2) is 36.4 Å². The van der Waals surface area contributed by atoms with Gasteiger partial charge in [0.25, 0.3) is 0 Å². The van der Waals surface area contributed by atoms with Crippen LogP contribution in [-0.4, -0.2) is 18.4 Å². The Hall–Kier alpha value is -2.82. The fraction of sp³-hybridized carbons (Fsp3) is 0.391. The molecule has 0 unspecified atom stereocenters. The maximum atomic E-state index is 13.0. The van der Waals surface area contributed by atoms with Crippen LogP contribution in [0.25, 0.3) is 0 Å². The number of rotatable bonds is 4. The lowest BCUT2D eigenvalue weighted by Gasteiger charge is -2.28. The van der Waals surface area contributed by atoms with Gasteiger partial charge in [0.1, 0.15) is 5.75 Å². The minimum absolute atomic E-state index is 0.00693. The van der Waals surface area contributed by atoms with Crippen LogP contribution >= 0.6 is 0 Å². The number of carbonyl (C=O) groups is 2. The van der Waals surface area contributed by atoms with Crippen LogP contribution in [0.4, 0.5) is 5.69 Å². The molecule has 2 aromatic rings. The molecule has 1 fully saturated rings. The van der Waals surface area contributed by atoms with E-state index in [1.807, 2.05) is 12.1 Å². The van der Waals surface area contributed by atoms with E-state index in [-0.39, 0.29) is 17.2 Å². The molecule has 0 saturated heterocycles. The summed E-state index contributed by atoms with van der Waals surface area (Å²) < 4.78 is 5.86. The second kappa shape index (κ2) is 6.66. The summed E-state index contributed by atoms with van der Waals surface area (Å²) in [6.45, 7) is 6.78. The fourth-order valence-electron chi connectivity index (χ4n) is 4.38. The SMILES string of the molecule is Cc1c(NC(=O)[C@@H]2C[C@]23CCOc2ccc(C(C)C)cc23)cccc1C(N)=O. The first kappa shape index (κ1) is 18.5. The van der Waals surface area contributed by atoms with Crippen molar-refractivity contribution in [1.29, 1.82) is 0 Å². The van der Waals surface area contributed by atoms with E-state index in [0.717, 1.165) is 24.2 Å². The Kier molecular flexibility index (Phi) is 4.41. The Labute approximate surface area is 165 Å². The van der Waals surface area contributed by atoms with Crippen molar-refractivity contribution in [3.05, 3.63) is 58.7 Å². The van der Waals surface area contributed by atoms with Crippen molar-refractivity contribution in [2.24, 2.45) is 11.7 Å². The number of amides is 2. The minimum Gasteiger partial charge on any atom is -0.493 e. The van der Waals surface area contributed by atoms with Gasteiger partial charge in [0, 0.05) is 28.1 Å². The van der Waals surface area contributed by atoms with Gasteiger partial charge >= 0.3 is 0 Å². The maximum absolute atomic E-state index is 13.0. The van der Waals surface area contributed by atoms with E-state index in [9.17, 15) is 9.59 Å². The van der Waals surface area contributed by atoms with Gasteiger partial charge in [-0.2, -0.15) is 0 Å². The first-order chi connectivity index (χ1) is 13.3. The van der Waals surface area contributed by atoms with E-state index in [2.05, 4.69) is 31.3 Å². The summed E-state index contributed by atoms with van der Waals surface area (Å²) in [4.78, 5) is 24.6. The molecule has 2 amide bonds. The highest BCUT2D eigenvalue weighted by Gasteiger charge is 2.61. The molecule has 28 heavy (non-hydrogen) atoms. The van der Waals surface area contributed by atoms with Crippen LogP contribution in [0.2, 0.25) is 0 Å². The summed E-state index contributed by atoms with van der Waals surface area (Å²) in [5, 5.41) is 3.02. The largest absolute Gasteiger partial charge is 0.493 e. The molecule has 2 atom stereocenters. The predicted octanol–water partition coefficient (Wildman–Crippen LogP) is 3.90. The topological polar surface area (TPSA) is 81.4 Å². The zero-order chi connectivity index (χ0) is 20.1. The standard InChI is InChI=1S/C23H26N2O3/c1-13(2)15-7-8-20-17(11-15)23(9-10-28-20)12-18(23)22(27)25-19-6-4-5-16(14(19)3)21(24)26/h4-8,11,13,18H,9-10,12H2,1-3H3,(H2,24,26)(H,25,27)/t18-,23-/m0/s1. The van der Waals surface area contributed by atoms with Crippen molar-refractivity contribution in [3.8, 4) is 5.75 Å². The number of hydrogen-bond acceptors (Lipinski definition) is 3. The average Bonchev–Trinajstić information content (AvgIpc) is 3.38. The molecule has 1 heterocycles. The van der Waals surface area contributed by atoms with Crippen LogP contribution in [0, 0.1) is 12.8 Å². The third kappa shape index (κ3) is 2.95. The van der Waals surface area contributed by atoms with Crippen LogP contribution in [0.5, 0.6) is 5.75 Å². The smallest absolute Gasteiger partial charge is 0.249 e. The van der Waals surface area contributed by atoms with E-state index < -0.39 is 5.91 Å². The number of benzene rings is 2. The van der Waals surface area contributed by atoms with Crippen molar-refractivity contribution in [2.75, 3.05) is 11.9 Å². The number of anilines is 1. The fourth-order valence-corrected chi connectivity index (χ4v) is 4.38. The van der Waals surface area contributed by atoms with Gasteiger partial charge in [-0.1, -0.05) is 32.0 Å².